The minimum absolute atomic E-state index is 0.0149. The second-order valence-electron chi connectivity index (χ2n) is 5.23. The zero-order valence-corrected chi connectivity index (χ0v) is 10.4. The quantitative estimate of drug-likeness (QED) is 0.686. The minimum atomic E-state index is -0.0149. The van der Waals surface area contributed by atoms with E-state index in [0.29, 0.717) is 18.6 Å². The van der Waals surface area contributed by atoms with Gasteiger partial charge in [0, 0.05) is 12.0 Å². The van der Waals surface area contributed by atoms with Crippen LogP contribution in [0.4, 0.5) is 0 Å². The first-order valence-electron chi connectivity index (χ1n) is 6.63. The largest absolute Gasteiger partial charge is 0.465 e. The molecule has 2 fully saturated rings. The average Bonchev–Trinajstić information content (AvgIpc) is 2.87. The molecule has 16 heavy (non-hydrogen) atoms. The number of hydrogen-bond donors (Lipinski definition) is 0. The standard InChI is InChI=1S/C13H23NO2/c1-3-10(2)13(15)16-9-11-6-8-14-7-4-5-12(11)14/h10-12H,3-9H2,1-2H3/t10-,11+,12+/m1/s1. The number of carbonyl (C=O) groups excluding carboxylic acids is 1. The van der Waals surface area contributed by atoms with Crippen molar-refractivity contribution in [3.8, 4) is 0 Å². The summed E-state index contributed by atoms with van der Waals surface area (Å²) >= 11 is 0. The molecular weight excluding hydrogens is 202 g/mol. The predicted molar refractivity (Wildman–Crippen MR) is 63.1 cm³/mol. The van der Waals surface area contributed by atoms with E-state index in [0.717, 1.165) is 6.42 Å². The summed E-state index contributed by atoms with van der Waals surface area (Å²) in [4.78, 5) is 14.1. The molecule has 0 aliphatic carbocycles. The lowest BCUT2D eigenvalue weighted by atomic mass is 9.99. The monoisotopic (exact) mass is 225 g/mol. The predicted octanol–water partition coefficient (Wildman–Crippen LogP) is 2.06. The highest BCUT2D eigenvalue weighted by molar-refractivity contribution is 5.71. The van der Waals surface area contributed by atoms with Crippen LogP contribution < -0.4 is 0 Å². The molecule has 0 spiro atoms. The van der Waals surface area contributed by atoms with Gasteiger partial charge in [-0.25, -0.2) is 0 Å². The van der Waals surface area contributed by atoms with Crippen LogP contribution in [0.25, 0.3) is 0 Å². The van der Waals surface area contributed by atoms with Crippen LogP contribution in [0.3, 0.4) is 0 Å². The normalized spacial score (nSPS) is 31.4. The second-order valence-corrected chi connectivity index (χ2v) is 5.23. The number of hydrogen-bond acceptors (Lipinski definition) is 3. The summed E-state index contributed by atoms with van der Waals surface area (Å²) in [6.45, 7) is 7.07. The van der Waals surface area contributed by atoms with Gasteiger partial charge in [0.15, 0.2) is 0 Å². The first kappa shape index (κ1) is 11.9. The molecule has 2 rings (SSSR count). The van der Waals surface area contributed by atoms with Crippen LogP contribution in [0.5, 0.6) is 0 Å². The summed E-state index contributed by atoms with van der Waals surface area (Å²) in [5.41, 5.74) is 0. The third kappa shape index (κ3) is 2.40. The van der Waals surface area contributed by atoms with Gasteiger partial charge in [0.2, 0.25) is 0 Å². The fourth-order valence-electron chi connectivity index (χ4n) is 2.88. The van der Waals surface area contributed by atoms with Crippen molar-refractivity contribution >= 4 is 5.97 Å². The van der Waals surface area contributed by atoms with E-state index in [2.05, 4.69) is 4.90 Å². The molecule has 3 nitrogen and oxygen atoms in total. The summed E-state index contributed by atoms with van der Waals surface area (Å²) < 4.78 is 5.42. The molecule has 3 atom stereocenters. The Balaban J connectivity index is 1.76. The van der Waals surface area contributed by atoms with E-state index in [1.165, 1.54) is 32.4 Å². The van der Waals surface area contributed by atoms with Crippen molar-refractivity contribution in [3.63, 3.8) is 0 Å². The molecule has 2 saturated heterocycles. The Hall–Kier alpha value is -0.570. The summed E-state index contributed by atoms with van der Waals surface area (Å²) in [7, 11) is 0. The topological polar surface area (TPSA) is 29.5 Å². The van der Waals surface area contributed by atoms with E-state index < -0.39 is 0 Å². The molecule has 0 aromatic heterocycles. The van der Waals surface area contributed by atoms with Crippen molar-refractivity contribution in [2.24, 2.45) is 11.8 Å². The van der Waals surface area contributed by atoms with Crippen LogP contribution in [-0.2, 0) is 9.53 Å². The maximum atomic E-state index is 11.6. The summed E-state index contributed by atoms with van der Waals surface area (Å²) in [5, 5.41) is 0. The van der Waals surface area contributed by atoms with Crippen LogP contribution in [-0.4, -0.2) is 36.6 Å². The number of rotatable bonds is 4. The van der Waals surface area contributed by atoms with E-state index in [-0.39, 0.29) is 11.9 Å². The summed E-state index contributed by atoms with van der Waals surface area (Å²) in [5.74, 6) is 0.635. The summed E-state index contributed by atoms with van der Waals surface area (Å²) in [6, 6.07) is 0.699. The molecule has 0 unspecified atom stereocenters. The van der Waals surface area contributed by atoms with Crippen molar-refractivity contribution in [1.29, 1.82) is 0 Å². The van der Waals surface area contributed by atoms with Crippen molar-refractivity contribution in [2.75, 3.05) is 19.7 Å². The van der Waals surface area contributed by atoms with Gasteiger partial charge in [-0.05, 0) is 38.8 Å². The van der Waals surface area contributed by atoms with Crippen molar-refractivity contribution < 1.29 is 9.53 Å². The van der Waals surface area contributed by atoms with Gasteiger partial charge in [0.1, 0.15) is 0 Å². The van der Waals surface area contributed by atoms with Crippen molar-refractivity contribution in [3.05, 3.63) is 0 Å². The van der Waals surface area contributed by atoms with Gasteiger partial charge in [-0.2, -0.15) is 0 Å². The van der Waals surface area contributed by atoms with Gasteiger partial charge in [0.05, 0.1) is 12.5 Å². The highest BCUT2D eigenvalue weighted by Crippen LogP contribution is 2.32. The van der Waals surface area contributed by atoms with Crippen LogP contribution >= 0.6 is 0 Å². The van der Waals surface area contributed by atoms with E-state index >= 15 is 0 Å². The van der Waals surface area contributed by atoms with Gasteiger partial charge in [-0.3, -0.25) is 9.69 Å². The smallest absolute Gasteiger partial charge is 0.308 e. The lowest BCUT2D eigenvalue weighted by Crippen LogP contribution is -2.29. The zero-order chi connectivity index (χ0) is 11.5. The Morgan fingerprint density at radius 1 is 1.44 bits per heavy atom. The molecule has 3 heteroatoms. The van der Waals surface area contributed by atoms with Crippen LogP contribution in [0, 0.1) is 11.8 Å². The molecule has 2 aliphatic rings. The molecule has 0 N–H and O–H groups in total. The molecule has 0 radical (unpaired) electrons. The lowest BCUT2D eigenvalue weighted by Gasteiger charge is -2.20. The van der Waals surface area contributed by atoms with Gasteiger partial charge < -0.3 is 4.74 Å². The number of ether oxygens (including phenoxy) is 1. The minimum Gasteiger partial charge on any atom is -0.465 e. The van der Waals surface area contributed by atoms with Crippen LogP contribution in [0.2, 0.25) is 0 Å². The Morgan fingerprint density at radius 2 is 2.25 bits per heavy atom. The third-order valence-corrected chi connectivity index (χ3v) is 4.20. The van der Waals surface area contributed by atoms with Gasteiger partial charge in [-0.1, -0.05) is 13.8 Å². The highest BCUT2D eigenvalue weighted by Gasteiger charge is 2.37. The Kier molecular flexibility index (Phi) is 3.85. The lowest BCUT2D eigenvalue weighted by molar-refractivity contribution is -0.149. The molecular formula is C13H23NO2. The number of carbonyl (C=O) groups is 1. The van der Waals surface area contributed by atoms with E-state index in [4.69, 9.17) is 4.74 Å². The van der Waals surface area contributed by atoms with Crippen molar-refractivity contribution in [1.82, 2.24) is 4.90 Å². The molecule has 0 amide bonds. The number of fused-ring (bicyclic) bond motifs is 1. The first-order chi connectivity index (χ1) is 7.72. The molecule has 2 heterocycles. The van der Waals surface area contributed by atoms with Gasteiger partial charge >= 0.3 is 5.97 Å². The zero-order valence-electron chi connectivity index (χ0n) is 10.4. The van der Waals surface area contributed by atoms with Gasteiger partial charge in [-0.15, -0.1) is 0 Å². The molecule has 2 aliphatic heterocycles. The maximum Gasteiger partial charge on any atom is 0.308 e. The third-order valence-electron chi connectivity index (χ3n) is 4.20. The first-order valence-corrected chi connectivity index (χ1v) is 6.63. The Bertz CT molecular complexity index is 254. The van der Waals surface area contributed by atoms with E-state index in [9.17, 15) is 4.79 Å². The molecule has 92 valence electrons. The molecule has 0 aromatic carbocycles. The van der Waals surface area contributed by atoms with Crippen LogP contribution in [0.1, 0.15) is 39.5 Å². The van der Waals surface area contributed by atoms with Crippen molar-refractivity contribution in [2.45, 2.75) is 45.6 Å². The molecule has 0 aromatic rings. The average molecular weight is 225 g/mol. The Labute approximate surface area is 98.1 Å². The number of nitrogens with zero attached hydrogens (tertiary/aromatic N) is 1. The Morgan fingerprint density at radius 3 is 3.00 bits per heavy atom. The van der Waals surface area contributed by atoms with E-state index in [1.54, 1.807) is 0 Å². The van der Waals surface area contributed by atoms with Gasteiger partial charge in [0.25, 0.3) is 0 Å². The number of esters is 1. The second kappa shape index (κ2) is 5.17. The SMILES string of the molecule is CC[C@@H](C)C(=O)OC[C@@H]1CCN2CCC[C@@H]12. The fraction of sp³-hybridized carbons (Fsp3) is 0.923. The molecule has 0 bridgehead atoms. The van der Waals surface area contributed by atoms with Crippen LogP contribution in [0.15, 0.2) is 0 Å². The molecule has 0 saturated carbocycles. The fourth-order valence-corrected chi connectivity index (χ4v) is 2.88. The highest BCUT2D eigenvalue weighted by atomic mass is 16.5. The maximum absolute atomic E-state index is 11.6. The van der Waals surface area contributed by atoms with E-state index in [1.807, 2.05) is 13.8 Å². The summed E-state index contributed by atoms with van der Waals surface area (Å²) in [6.07, 6.45) is 4.70.